The molecule has 0 aliphatic carbocycles. The average molecular weight is 398 g/mol. The second-order valence-corrected chi connectivity index (χ2v) is 6.82. The van der Waals surface area contributed by atoms with Crippen LogP contribution in [0.5, 0.6) is 23.0 Å². The molecular formula is C20H18N2O5S. The van der Waals surface area contributed by atoms with Gasteiger partial charge in [-0.25, -0.2) is 4.98 Å². The van der Waals surface area contributed by atoms with Crippen molar-refractivity contribution >= 4 is 22.4 Å². The smallest absolute Gasteiger partial charge is 0.257 e. The normalized spacial score (nSPS) is 15.0. The van der Waals surface area contributed by atoms with E-state index in [1.807, 2.05) is 29.6 Å². The molecule has 1 amide bonds. The molecule has 0 spiro atoms. The lowest BCUT2D eigenvalue weighted by molar-refractivity contribution is 0.0888. The lowest BCUT2D eigenvalue weighted by Crippen LogP contribution is -2.22. The highest BCUT2D eigenvalue weighted by Crippen LogP contribution is 2.36. The summed E-state index contributed by atoms with van der Waals surface area (Å²) in [5, 5.41) is 5.14. The van der Waals surface area contributed by atoms with Crippen molar-refractivity contribution in [3.8, 4) is 23.0 Å². The molecule has 0 radical (unpaired) electrons. The molecule has 0 saturated carbocycles. The summed E-state index contributed by atoms with van der Waals surface area (Å²) in [7, 11) is 3.07. The minimum atomic E-state index is -0.321. The molecule has 4 rings (SSSR count). The monoisotopic (exact) mass is 398 g/mol. The molecule has 2 aromatic carbocycles. The minimum Gasteiger partial charge on any atom is -0.493 e. The third-order valence-electron chi connectivity index (χ3n) is 4.23. The van der Waals surface area contributed by atoms with Crippen molar-refractivity contribution < 1.29 is 23.7 Å². The molecule has 8 heteroatoms. The maximum absolute atomic E-state index is 12.5. The lowest BCUT2D eigenvalue weighted by atomic mass is 10.2. The van der Waals surface area contributed by atoms with Gasteiger partial charge in [0.2, 0.25) is 0 Å². The number of thiazole rings is 1. The summed E-state index contributed by atoms with van der Waals surface area (Å²) in [4.78, 5) is 17.0. The van der Waals surface area contributed by atoms with Crippen LogP contribution >= 0.6 is 11.3 Å². The molecule has 144 valence electrons. The van der Waals surface area contributed by atoms with Crippen LogP contribution in [0.4, 0.5) is 5.13 Å². The second kappa shape index (κ2) is 7.77. The van der Waals surface area contributed by atoms with Crippen LogP contribution in [0.3, 0.4) is 0 Å². The Morgan fingerprint density at radius 2 is 1.93 bits per heavy atom. The van der Waals surface area contributed by atoms with Crippen molar-refractivity contribution in [2.75, 3.05) is 26.1 Å². The van der Waals surface area contributed by atoms with Gasteiger partial charge in [0.15, 0.2) is 34.2 Å². The largest absolute Gasteiger partial charge is 0.493 e. The minimum absolute atomic E-state index is 0.284. The van der Waals surface area contributed by atoms with Crippen molar-refractivity contribution in [1.82, 2.24) is 4.98 Å². The Hall–Kier alpha value is -3.26. The van der Waals surface area contributed by atoms with Crippen LogP contribution < -0.4 is 24.3 Å². The number of ether oxygens (including phenoxy) is 4. The Morgan fingerprint density at radius 3 is 2.71 bits per heavy atom. The first-order valence-corrected chi connectivity index (χ1v) is 9.43. The number of methoxy groups -OCH3 is 2. The quantitative estimate of drug-likeness (QED) is 0.702. The van der Waals surface area contributed by atoms with Crippen LogP contribution in [0.15, 0.2) is 47.8 Å². The highest BCUT2D eigenvalue weighted by atomic mass is 32.1. The summed E-state index contributed by atoms with van der Waals surface area (Å²) in [6, 6.07) is 12.5. The Labute approximate surface area is 165 Å². The number of aromatic nitrogens is 1. The zero-order valence-electron chi connectivity index (χ0n) is 15.3. The van der Waals surface area contributed by atoms with Gasteiger partial charge in [-0.05, 0) is 30.3 Å². The molecule has 0 saturated heterocycles. The van der Waals surface area contributed by atoms with E-state index >= 15 is 0 Å². The average Bonchev–Trinajstić information content (AvgIpc) is 3.21. The zero-order chi connectivity index (χ0) is 19.5. The molecule has 1 N–H and O–H groups in total. The van der Waals surface area contributed by atoms with Crippen LogP contribution in [-0.2, 0) is 0 Å². The van der Waals surface area contributed by atoms with Crippen molar-refractivity contribution in [3.05, 3.63) is 59.1 Å². The maximum atomic E-state index is 12.5. The van der Waals surface area contributed by atoms with Gasteiger partial charge in [-0.15, -0.1) is 11.3 Å². The van der Waals surface area contributed by atoms with Crippen molar-refractivity contribution in [3.63, 3.8) is 0 Å². The first kappa shape index (κ1) is 18.1. The summed E-state index contributed by atoms with van der Waals surface area (Å²) in [5.41, 5.74) is 1.16. The molecule has 3 aromatic rings. The van der Waals surface area contributed by atoms with Crippen LogP contribution in [0.1, 0.15) is 22.2 Å². The summed E-state index contributed by atoms with van der Waals surface area (Å²) in [6.07, 6.45) is -0.321. The number of para-hydroxylation sites is 2. The van der Waals surface area contributed by atoms with Gasteiger partial charge in [-0.1, -0.05) is 12.1 Å². The van der Waals surface area contributed by atoms with E-state index in [1.54, 1.807) is 25.3 Å². The Kier molecular flexibility index (Phi) is 5.03. The van der Waals surface area contributed by atoms with Crippen LogP contribution in [0, 0.1) is 0 Å². The van der Waals surface area contributed by atoms with E-state index in [2.05, 4.69) is 10.3 Å². The van der Waals surface area contributed by atoms with Crippen molar-refractivity contribution in [2.45, 2.75) is 6.10 Å². The first-order chi connectivity index (χ1) is 13.7. The van der Waals surface area contributed by atoms with Gasteiger partial charge < -0.3 is 18.9 Å². The zero-order valence-corrected chi connectivity index (χ0v) is 16.1. The number of nitrogens with zero attached hydrogens (tertiary/aromatic N) is 1. The standard InChI is InChI=1S/C20H18N2O5S/c1-24-14-8-7-12(9-17(14)25-2)19(23)22-20-21-13(11-28-20)18-10-26-15-5-3-4-6-16(15)27-18/h3-9,11,18H,10H2,1-2H3,(H,21,22,23). The number of hydrogen-bond acceptors (Lipinski definition) is 7. The Morgan fingerprint density at radius 1 is 1.14 bits per heavy atom. The number of carbonyl (C=O) groups excluding carboxylic acids is 1. The molecule has 1 aliphatic heterocycles. The fourth-order valence-electron chi connectivity index (χ4n) is 2.80. The number of anilines is 1. The van der Waals surface area contributed by atoms with E-state index in [0.29, 0.717) is 40.2 Å². The van der Waals surface area contributed by atoms with Crippen molar-refractivity contribution in [2.24, 2.45) is 0 Å². The number of rotatable bonds is 5. The fourth-order valence-corrected chi connectivity index (χ4v) is 3.55. The number of nitrogens with one attached hydrogen (secondary N) is 1. The lowest BCUT2D eigenvalue weighted by Gasteiger charge is -2.25. The predicted octanol–water partition coefficient (Wildman–Crippen LogP) is 3.93. The van der Waals surface area contributed by atoms with Crippen LogP contribution in [0.25, 0.3) is 0 Å². The molecular weight excluding hydrogens is 380 g/mol. The third-order valence-corrected chi connectivity index (χ3v) is 5.00. The van der Waals surface area contributed by atoms with Gasteiger partial charge in [0.1, 0.15) is 6.61 Å². The summed E-state index contributed by atoms with van der Waals surface area (Å²) >= 11 is 1.33. The van der Waals surface area contributed by atoms with Crippen LogP contribution in [-0.4, -0.2) is 31.7 Å². The number of benzene rings is 2. The highest BCUT2D eigenvalue weighted by molar-refractivity contribution is 7.14. The van der Waals surface area contributed by atoms with Gasteiger partial charge in [0.25, 0.3) is 5.91 Å². The molecule has 2 heterocycles. The number of amides is 1. The van der Waals surface area contributed by atoms with Crippen LogP contribution in [0.2, 0.25) is 0 Å². The first-order valence-electron chi connectivity index (χ1n) is 8.55. The Balaban J connectivity index is 1.46. The summed E-state index contributed by atoms with van der Waals surface area (Å²) in [6.45, 7) is 0.365. The molecule has 1 atom stereocenters. The maximum Gasteiger partial charge on any atom is 0.257 e. The second-order valence-electron chi connectivity index (χ2n) is 5.97. The van der Waals surface area contributed by atoms with Gasteiger partial charge in [-0.3, -0.25) is 10.1 Å². The number of fused-ring (bicyclic) bond motifs is 1. The molecule has 0 bridgehead atoms. The SMILES string of the molecule is COc1ccc(C(=O)Nc2nc(C3COc4ccccc4O3)cs2)cc1OC. The molecule has 7 nitrogen and oxygen atoms in total. The van der Waals surface area contributed by atoms with Gasteiger partial charge in [0, 0.05) is 10.9 Å². The number of hydrogen-bond donors (Lipinski definition) is 1. The van der Waals surface area contributed by atoms with Gasteiger partial charge in [0.05, 0.1) is 19.9 Å². The van der Waals surface area contributed by atoms with E-state index in [9.17, 15) is 4.79 Å². The van der Waals surface area contributed by atoms with E-state index in [-0.39, 0.29) is 12.0 Å². The molecule has 1 aliphatic rings. The third kappa shape index (κ3) is 3.59. The van der Waals surface area contributed by atoms with E-state index in [0.717, 1.165) is 5.75 Å². The Bertz CT molecular complexity index is 1000. The van der Waals surface area contributed by atoms with E-state index in [4.69, 9.17) is 18.9 Å². The molecule has 0 fully saturated rings. The summed E-state index contributed by atoms with van der Waals surface area (Å²) < 4.78 is 22.1. The molecule has 1 unspecified atom stereocenters. The van der Waals surface area contributed by atoms with Crippen molar-refractivity contribution in [1.29, 1.82) is 0 Å². The molecule has 1 aromatic heterocycles. The fraction of sp³-hybridized carbons (Fsp3) is 0.200. The summed E-state index contributed by atoms with van der Waals surface area (Å²) in [5.74, 6) is 2.17. The number of carbonyl (C=O) groups is 1. The topological polar surface area (TPSA) is 78.9 Å². The van der Waals surface area contributed by atoms with E-state index < -0.39 is 0 Å². The van der Waals surface area contributed by atoms with Gasteiger partial charge >= 0.3 is 0 Å². The molecule has 28 heavy (non-hydrogen) atoms. The predicted molar refractivity (Wildman–Crippen MR) is 105 cm³/mol. The van der Waals surface area contributed by atoms with Gasteiger partial charge in [-0.2, -0.15) is 0 Å². The highest BCUT2D eigenvalue weighted by Gasteiger charge is 2.25. The van der Waals surface area contributed by atoms with E-state index in [1.165, 1.54) is 18.4 Å².